The molecule has 1 N–H and O–H groups in total. The van der Waals surface area contributed by atoms with E-state index >= 15 is 0 Å². The van der Waals surface area contributed by atoms with Crippen molar-refractivity contribution in [2.75, 3.05) is 0 Å². The Labute approximate surface area is 59.6 Å². The molecule has 0 unspecified atom stereocenters. The first-order chi connectivity index (χ1) is 4.84. The zero-order valence-electron chi connectivity index (χ0n) is 5.49. The van der Waals surface area contributed by atoms with Crippen LogP contribution in [-0.2, 0) is 6.42 Å². The summed E-state index contributed by atoms with van der Waals surface area (Å²) < 4.78 is 0. The van der Waals surface area contributed by atoms with E-state index in [1.165, 1.54) is 0 Å². The lowest BCUT2D eigenvalue weighted by Crippen LogP contribution is -1.85. The van der Waals surface area contributed by atoms with Gasteiger partial charge in [0.15, 0.2) is 0 Å². The van der Waals surface area contributed by atoms with Crippen molar-refractivity contribution in [3.05, 3.63) is 29.8 Å². The number of nitrogens with zero attached hydrogens (tertiary/aromatic N) is 1. The molecule has 1 rings (SSSR count). The van der Waals surface area contributed by atoms with Crippen LogP contribution in [-0.4, -0.2) is 11.3 Å². The summed E-state index contributed by atoms with van der Waals surface area (Å²) in [6.07, 6.45) is 1.42. The summed E-state index contributed by atoms with van der Waals surface area (Å²) in [5.41, 5.74) is 0.741. The molecule has 0 aliphatic rings. The number of para-hydroxylation sites is 1. The molecule has 0 saturated heterocycles. The van der Waals surface area contributed by atoms with Crippen LogP contribution in [0.15, 0.2) is 24.3 Å². The lowest BCUT2D eigenvalue weighted by Gasteiger charge is -1.97. The van der Waals surface area contributed by atoms with E-state index in [4.69, 9.17) is 10.5 Å². The number of hydrogen-bond acceptors (Lipinski definition) is 1. The van der Waals surface area contributed by atoms with Crippen LogP contribution in [0, 0.1) is 0 Å². The number of phenolic OH excluding ortho intramolecular Hbond substituents is 1. The van der Waals surface area contributed by atoms with Crippen molar-refractivity contribution in [1.29, 1.82) is 0 Å². The molecule has 0 aliphatic heterocycles. The van der Waals surface area contributed by atoms with Gasteiger partial charge in [-0.15, -0.1) is 0 Å². The molecule has 0 saturated carbocycles. The van der Waals surface area contributed by atoms with E-state index < -0.39 is 0 Å². The predicted octanol–water partition coefficient (Wildman–Crippen LogP) is 0.806. The highest BCUT2D eigenvalue weighted by Gasteiger charge is 1.94. The zero-order valence-corrected chi connectivity index (χ0v) is 5.49. The second kappa shape index (κ2) is 3.01. The minimum Gasteiger partial charge on any atom is -0.508 e. The van der Waals surface area contributed by atoms with Crippen LogP contribution >= 0.6 is 0 Å². The van der Waals surface area contributed by atoms with Crippen LogP contribution in [0.25, 0.3) is 0 Å². The van der Waals surface area contributed by atoms with Crippen molar-refractivity contribution < 1.29 is 5.11 Å². The van der Waals surface area contributed by atoms with Crippen LogP contribution < -0.4 is 5.41 Å². The number of benzene rings is 1. The number of phenols is 1. The van der Waals surface area contributed by atoms with Gasteiger partial charge in [-0.3, -0.25) is 0 Å². The Kier molecular flexibility index (Phi) is 2.05. The van der Waals surface area contributed by atoms with E-state index in [0.29, 0.717) is 6.42 Å². The van der Waals surface area contributed by atoms with Gasteiger partial charge in [0.2, 0.25) is 0 Å². The van der Waals surface area contributed by atoms with Gasteiger partial charge in [0.1, 0.15) is 5.75 Å². The van der Waals surface area contributed by atoms with Gasteiger partial charge in [-0.2, -0.15) is 5.41 Å². The average Bonchev–Trinajstić information content (AvgIpc) is 1.94. The maximum absolute atomic E-state index is 9.11. The first kappa shape index (κ1) is 6.81. The molecule has 1 aromatic rings. The molecule has 0 aliphatic carbocycles. The maximum Gasteiger partial charge on any atom is 0.119 e. The van der Waals surface area contributed by atoms with Crippen molar-refractivity contribution in [3.8, 4) is 5.75 Å². The molecule has 2 heteroatoms. The summed E-state index contributed by atoms with van der Waals surface area (Å²) in [6.45, 7) is 0. The van der Waals surface area contributed by atoms with Crippen molar-refractivity contribution in [3.63, 3.8) is 0 Å². The van der Waals surface area contributed by atoms with Crippen molar-refractivity contribution in [2.45, 2.75) is 6.42 Å². The highest BCUT2D eigenvalue weighted by Crippen LogP contribution is 2.14. The molecule has 0 spiro atoms. The first-order valence-corrected chi connectivity index (χ1v) is 3.07. The molecule has 0 fully saturated rings. The van der Waals surface area contributed by atoms with Crippen molar-refractivity contribution in [2.24, 2.45) is 0 Å². The smallest absolute Gasteiger partial charge is 0.119 e. The zero-order chi connectivity index (χ0) is 7.40. The molecule has 1 radical (unpaired) electrons. The normalized spacial score (nSPS) is 9.20. The number of aromatic hydroxyl groups is 1. The summed E-state index contributed by atoms with van der Waals surface area (Å²) >= 11 is 0. The second-order valence-electron chi connectivity index (χ2n) is 2.02. The van der Waals surface area contributed by atoms with Gasteiger partial charge >= 0.3 is 0 Å². The van der Waals surface area contributed by atoms with Crippen LogP contribution in [0.1, 0.15) is 5.56 Å². The van der Waals surface area contributed by atoms with Gasteiger partial charge < -0.3 is 5.11 Å². The second-order valence-corrected chi connectivity index (χ2v) is 2.02. The fraction of sp³-hybridized carbons (Fsp3) is 0.125. The van der Waals surface area contributed by atoms with Crippen molar-refractivity contribution >= 4 is 6.21 Å². The van der Waals surface area contributed by atoms with Crippen LogP contribution in [0.4, 0.5) is 0 Å². The van der Waals surface area contributed by atoms with Gasteiger partial charge in [-0.25, -0.2) is 0 Å². The summed E-state index contributed by atoms with van der Waals surface area (Å²) in [7, 11) is 0. The van der Waals surface area contributed by atoms with E-state index in [2.05, 4.69) is 0 Å². The molecule has 0 atom stereocenters. The summed E-state index contributed by atoms with van der Waals surface area (Å²) in [5, 5.41) is 17.5. The Hall–Kier alpha value is -1.31. The third-order valence-corrected chi connectivity index (χ3v) is 1.30. The van der Waals surface area contributed by atoms with Crippen LogP contribution in [0.5, 0.6) is 5.75 Å². The van der Waals surface area contributed by atoms with Gasteiger partial charge in [-0.05, 0) is 11.6 Å². The average molecular weight is 134 g/mol. The van der Waals surface area contributed by atoms with Gasteiger partial charge in [0, 0.05) is 12.6 Å². The largest absolute Gasteiger partial charge is 0.508 e. The quantitative estimate of drug-likeness (QED) is 0.597. The summed E-state index contributed by atoms with van der Waals surface area (Å²) in [5.74, 6) is 0.229. The standard InChI is InChI=1S/C8H8NO/c9-6-5-7-3-1-2-4-8(7)10/h1-4,6,10H,5H2. The molecule has 51 valence electrons. The minimum absolute atomic E-state index is 0.229. The molecule has 0 bridgehead atoms. The fourth-order valence-electron chi connectivity index (χ4n) is 0.782. The highest BCUT2D eigenvalue weighted by atomic mass is 16.3. The van der Waals surface area contributed by atoms with Crippen LogP contribution in [0.2, 0.25) is 0 Å². The third-order valence-electron chi connectivity index (χ3n) is 1.30. The molecule has 0 amide bonds. The Balaban J connectivity index is 2.91. The molecule has 2 nitrogen and oxygen atoms in total. The van der Waals surface area contributed by atoms with Crippen LogP contribution in [0.3, 0.4) is 0 Å². The molecular weight excluding hydrogens is 126 g/mol. The summed E-state index contributed by atoms with van der Waals surface area (Å²) in [4.78, 5) is 0. The van der Waals surface area contributed by atoms with E-state index in [0.717, 1.165) is 11.8 Å². The molecule has 0 aromatic heterocycles. The van der Waals surface area contributed by atoms with Gasteiger partial charge in [-0.1, -0.05) is 18.2 Å². The number of rotatable bonds is 2. The Morgan fingerprint density at radius 3 is 2.70 bits per heavy atom. The monoisotopic (exact) mass is 134 g/mol. The Bertz CT molecular complexity index is 232. The molecular formula is C8H8NO. The van der Waals surface area contributed by atoms with Gasteiger partial charge in [0.05, 0.1) is 0 Å². The Morgan fingerprint density at radius 1 is 1.40 bits per heavy atom. The molecule has 0 heterocycles. The minimum atomic E-state index is 0.229. The topological polar surface area (TPSA) is 42.5 Å². The van der Waals surface area contributed by atoms with E-state index in [1.54, 1.807) is 18.2 Å². The first-order valence-electron chi connectivity index (χ1n) is 3.07. The van der Waals surface area contributed by atoms with Gasteiger partial charge in [0.25, 0.3) is 0 Å². The van der Waals surface area contributed by atoms with E-state index in [-0.39, 0.29) is 5.75 Å². The fourth-order valence-corrected chi connectivity index (χ4v) is 0.782. The third kappa shape index (κ3) is 1.35. The predicted molar refractivity (Wildman–Crippen MR) is 40.0 cm³/mol. The lowest BCUT2D eigenvalue weighted by molar-refractivity contribution is 0.470. The Morgan fingerprint density at radius 2 is 2.10 bits per heavy atom. The lowest BCUT2D eigenvalue weighted by atomic mass is 10.1. The van der Waals surface area contributed by atoms with E-state index in [9.17, 15) is 0 Å². The number of hydrogen-bond donors (Lipinski definition) is 1. The molecule has 1 aromatic carbocycles. The maximum atomic E-state index is 9.11. The highest BCUT2D eigenvalue weighted by molar-refractivity contribution is 5.60. The van der Waals surface area contributed by atoms with Crippen molar-refractivity contribution in [1.82, 2.24) is 5.41 Å². The van der Waals surface area contributed by atoms with E-state index in [1.807, 2.05) is 6.07 Å². The SMILES string of the molecule is [N]=CCc1ccccc1O. The molecule has 10 heavy (non-hydrogen) atoms. The summed E-state index contributed by atoms with van der Waals surface area (Å²) in [6, 6.07) is 6.93.